The molecular formula is C13H18ClNO4S. The van der Waals surface area contributed by atoms with Crippen LogP contribution in [0.1, 0.15) is 13.3 Å². The first-order chi connectivity index (χ1) is 9.36. The van der Waals surface area contributed by atoms with Gasteiger partial charge in [-0.05, 0) is 37.5 Å². The van der Waals surface area contributed by atoms with Crippen LogP contribution in [0.3, 0.4) is 0 Å². The van der Waals surface area contributed by atoms with E-state index >= 15 is 0 Å². The Labute approximate surface area is 124 Å². The number of halogens is 1. The molecule has 5 nitrogen and oxygen atoms in total. The number of aliphatic hydroxyl groups is 1. The van der Waals surface area contributed by atoms with Crippen molar-refractivity contribution in [1.82, 2.24) is 4.31 Å². The van der Waals surface area contributed by atoms with Crippen LogP contribution in [0, 0.1) is 5.92 Å². The van der Waals surface area contributed by atoms with Crippen molar-refractivity contribution >= 4 is 21.6 Å². The third-order valence-corrected chi connectivity index (χ3v) is 5.79. The minimum atomic E-state index is -3.57. The van der Waals surface area contributed by atoms with Gasteiger partial charge < -0.3 is 9.84 Å². The van der Waals surface area contributed by atoms with E-state index in [-0.39, 0.29) is 15.8 Å². The van der Waals surface area contributed by atoms with Gasteiger partial charge in [-0.1, -0.05) is 11.6 Å². The molecule has 1 aliphatic rings. The lowest BCUT2D eigenvalue weighted by Crippen LogP contribution is -2.30. The summed E-state index contributed by atoms with van der Waals surface area (Å²) < 4.78 is 31.4. The number of hydrogen-bond acceptors (Lipinski definition) is 4. The van der Waals surface area contributed by atoms with Crippen LogP contribution in [-0.4, -0.2) is 44.1 Å². The molecule has 0 saturated carbocycles. The van der Waals surface area contributed by atoms with Crippen LogP contribution in [0.4, 0.5) is 0 Å². The van der Waals surface area contributed by atoms with Crippen molar-refractivity contribution in [3.05, 3.63) is 23.2 Å². The summed E-state index contributed by atoms with van der Waals surface area (Å²) in [7, 11) is -2.10. The number of methoxy groups -OCH3 is 1. The van der Waals surface area contributed by atoms with Gasteiger partial charge in [-0.15, -0.1) is 0 Å². The molecule has 1 heterocycles. The van der Waals surface area contributed by atoms with E-state index in [4.69, 9.17) is 16.3 Å². The van der Waals surface area contributed by atoms with Crippen LogP contribution in [0.5, 0.6) is 5.75 Å². The van der Waals surface area contributed by atoms with Crippen LogP contribution in [0.25, 0.3) is 0 Å². The Bertz CT molecular complexity index is 588. The third-order valence-electron chi connectivity index (χ3n) is 3.63. The van der Waals surface area contributed by atoms with Gasteiger partial charge in [-0.25, -0.2) is 8.42 Å². The molecule has 112 valence electrons. The standard InChI is InChI=1S/C13H18ClNO4S/c1-9(16)10-5-6-15(8-10)20(17,18)11-3-4-13(19-2)12(14)7-11/h3-4,7,9-10,16H,5-6,8H2,1-2H3. The zero-order chi connectivity index (χ0) is 14.9. The van der Waals surface area contributed by atoms with Crippen molar-refractivity contribution in [1.29, 1.82) is 0 Å². The van der Waals surface area contributed by atoms with E-state index in [0.717, 1.165) is 0 Å². The number of hydrogen-bond donors (Lipinski definition) is 1. The van der Waals surface area contributed by atoms with Gasteiger partial charge >= 0.3 is 0 Å². The molecule has 1 aromatic carbocycles. The second kappa shape index (κ2) is 5.89. The molecule has 7 heteroatoms. The third kappa shape index (κ3) is 2.93. The first-order valence-corrected chi connectivity index (χ1v) is 8.20. The van der Waals surface area contributed by atoms with Crippen LogP contribution < -0.4 is 4.74 Å². The second-order valence-corrected chi connectivity index (χ2v) is 7.29. The van der Waals surface area contributed by atoms with Crippen molar-refractivity contribution < 1.29 is 18.3 Å². The minimum Gasteiger partial charge on any atom is -0.495 e. The Morgan fingerprint density at radius 3 is 2.70 bits per heavy atom. The second-order valence-electron chi connectivity index (χ2n) is 4.95. The zero-order valence-corrected chi connectivity index (χ0v) is 13.0. The van der Waals surface area contributed by atoms with E-state index in [2.05, 4.69) is 0 Å². The maximum absolute atomic E-state index is 12.5. The van der Waals surface area contributed by atoms with Crippen molar-refractivity contribution in [3.63, 3.8) is 0 Å². The molecule has 0 radical (unpaired) electrons. The maximum Gasteiger partial charge on any atom is 0.243 e. The lowest BCUT2D eigenvalue weighted by Gasteiger charge is -2.18. The Kier molecular flexibility index (Phi) is 4.59. The van der Waals surface area contributed by atoms with Gasteiger partial charge in [0.15, 0.2) is 0 Å². The van der Waals surface area contributed by atoms with Gasteiger partial charge in [0.25, 0.3) is 0 Å². The number of sulfonamides is 1. The largest absolute Gasteiger partial charge is 0.495 e. The lowest BCUT2D eigenvalue weighted by atomic mass is 10.0. The number of ether oxygens (including phenoxy) is 1. The summed E-state index contributed by atoms with van der Waals surface area (Å²) in [6.45, 7) is 2.44. The summed E-state index contributed by atoms with van der Waals surface area (Å²) >= 11 is 5.97. The molecule has 1 aromatic rings. The Hall–Kier alpha value is -0.820. The smallest absolute Gasteiger partial charge is 0.243 e. The highest BCUT2D eigenvalue weighted by Gasteiger charge is 2.34. The first kappa shape index (κ1) is 15.6. The van der Waals surface area contributed by atoms with Gasteiger partial charge in [0.1, 0.15) is 5.75 Å². The summed E-state index contributed by atoms with van der Waals surface area (Å²) in [5, 5.41) is 9.82. The van der Waals surface area contributed by atoms with Gasteiger partial charge in [-0.2, -0.15) is 4.31 Å². The average molecular weight is 320 g/mol. The molecule has 0 aliphatic carbocycles. The molecule has 0 bridgehead atoms. The lowest BCUT2D eigenvalue weighted by molar-refractivity contribution is 0.133. The van der Waals surface area contributed by atoms with E-state index in [1.54, 1.807) is 6.92 Å². The predicted octanol–water partition coefficient (Wildman–Crippen LogP) is 1.74. The molecule has 20 heavy (non-hydrogen) atoms. The number of aliphatic hydroxyl groups excluding tert-OH is 1. The molecular weight excluding hydrogens is 302 g/mol. The summed E-state index contributed by atoms with van der Waals surface area (Å²) in [6, 6.07) is 4.42. The van der Waals surface area contributed by atoms with Crippen LogP contribution in [0.15, 0.2) is 23.1 Å². The molecule has 2 rings (SSSR count). The Morgan fingerprint density at radius 2 is 2.20 bits per heavy atom. The Morgan fingerprint density at radius 1 is 1.50 bits per heavy atom. The highest BCUT2D eigenvalue weighted by Crippen LogP contribution is 2.31. The number of nitrogens with zero attached hydrogens (tertiary/aromatic N) is 1. The van der Waals surface area contributed by atoms with Gasteiger partial charge in [0, 0.05) is 13.1 Å². The highest BCUT2D eigenvalue weighted by atomic mass is 35.5. The van der Waals surface area contributed by atoms with E-state index < -0.39 is 16.1 Å². The molecule has 1 saturated heterocycles. The molecule has 2 unspecified atom stereocenters. The normalized spacial score (nSPS) is 21.9. The van der Waals surface area contributed by atoms with E-state index in [0.29, 0.717) is 25.3 Å². The maximum atomic E-state index is 12.5. The van der Waals surface area contributed by atoms with Crippen molar-refractivity contribution in [3.8, 4) is 5.75 Å². The number of rotatable bonds is 4. The molecule has 1 N–H and O–H groups in total. The van der Waals surface area contributed by atoms with E-state index in [9.17, 15) is 13.5 Å². The summed E-state index contributed by atoms with van der Waals surface area (Å²) in [5.41, 5.74) is 0. The van der Waals surface area contributed by atoms with Gasteiger partial charge in [0.2, 0.25) is 10.0 Å². The molecule has 0 spiro atoms. The van der Waals surface area contributed by atoms with Crippen LogP contribution >= 0.6 is 11.6 Å². The molecule has 0 amide bonds. The summed E-state index contributed by atoms with van der Waals surface area (Å²) in [5.74, 6) is 0.424. The summed E-state index contributed by atoms with van der Waals surface area (Å²) in [4.78, 5) is 0.148. The fraction of sp³-hybridized carbons (Fsp3) is 0.538. The topological polar surface area (TPSA) is 66.8 Å². The van der Waals surface area contributed by atoms with Gasteiger partial charge in [0.05, 0.1) is 23.1 Å². The zero-order valence-electron chi connectivity index (χ0n) is 11.4. The molecule has 0 aromatic heterocycles. The quantitative estimate of drug-likeness (QED) is 0.918. The fourth-order valence-electron chi connectivity index (χ4n) is 2.32. The van der Waals surface area contributed by atoms with E-state index in [1.807, 2.05) is 0 Å². The fourth-order valence-corrected chi connectivity index (χ4v) is 4.18. The average Bonchev–Trinajstić information content (AvgIpc) is 2.89. The molecule has 1 aliphatic heterocycles. The molecule has 1 fully saturated rings. The first-order valence-electron chi connectivity index (χ1n) is 6.38. The van der Waals surface area contributed by atoms with Gasteiger partial charge in [-0.3, -0.25) is 0 Å². The Balaban J connectivity index is 2.25. The SMILES string of the molecule is COc1ccc(S(=O)(=O)N2CCC(C(C)O)C2)cc1Cl. The van der Waals surface area contributed by atoms with Crippen molar-refractivity contribution in [2.24, 2.45) is 5.92 Å². The van der Waals surface area contributed by atoms with Crippen LogP contribution in [-0.2, 0) is 10.0 Å². The minimum absolute atomic E-state index is 0.0153. The monoisotopic (exact) mass is 319 g/mol. The molecule has 2 atom stereocenters. The van der Waals surface area contributed by atoms with Crippen molar-refractivity contribution in [2.75, 3.05) is 20.2 Å². The highest BCUT2D eigenvalue weighted by molar-refractivity contribution is 7.89. The van der Waals surface area contributed by atoms with E-state index in [1.165, 1.54) is 29.6 Å². The number of benzene rings is 1. The summed E-state index contributed by atoms with van der Waals surface area (Å²) in [6.07, 6.45) is 0.162. The predicted molar refractivity (Wildman–Crippen MR) is 76.6 cm³/mol. The van der Waals surface area contributed by atoms with Crippen LogP contribution in [0.2, 0.25) is 5.02 Å². The van der Waals surface area contributed by atoms with Crippen molar-refractivity contribution in [2.45, 2.75) is 24.3 Å².